The second-order valence-electron chi connectivity index (χ2n) is 7.85. The van der Waals surface area contributed by atoms with E-state index in [4.69, 9.17) is 0 Å². The molecule has 0 spiro atoms. The van der Waals surface area contributed by atoms with Crippen molar-refractivity contribution < 1.29 is 0 Å². The SMILES string of the molecule is O=c1cc2c(nn1CCN1CCN(c3nccnc3C3CC3)CC1)CCSC2. The number of piperazine rings is 1. The Bertz CT molecular complexity index is 904. The van der Waals surface area contributed by atoms with Gasteiger partial charge in [-0.25, -0.2) is 9.67 Å². The molecule has 2 aromatic heterocycles. The molecule has 0 aromatic carbocycles. The number of hydrogen-bond donors (Lipinski definition) is 0. The molecule has 0 radical (unpaired) electrons. The molecule has 148 valence electrons. The normalized spacial score (nSPS) is 20.2. The van der Waals surface area contributed by atoms with Crippen molar-refractivity contribution in [1.82, 2.24) is 24.6 Å². The third kappa shape index (κ3) is 3.80. The number of aryl methyl sites for hydroxylation is 1. The third-order valence-corrected chi connectivity index (χ3v) is 6.88. The summed E-state index contributed by atoms with van der Waals surface area (Å²) < 4.78 is 1.66. The molecule has 8 heteroatoms. The van der Waals surface area contributed by atoms with Gasteiger partial charge in [0.2, 0.25) is 0 Å². The lowest BCUT2D eigenvalue weighted by Crippen LogP contribution is -2.48. The van der Waals surface area contributed by atoms with Crippen LogP contribution in [0.4, 0.5) is 5.82 Å². The lowest BCUT2D eigenvalue weighted by Gasteiger charge is -2.36. The molecule has 4 heterocycles. The van der Waals surface area contributed by atoms with Gasteiger partial charge in [0.25, 0.3) is 5.56 Å². The van der Waals surface area contributed by atoms with Crippen molar-refractivity contribution in [1.29, 1.82) is 0 Å². The van der Waals surface area contributed by atoms with Crippen LogP contribution in [0.5, 0.6) is 0 Å². The number of rotatable bonds is 5. The van der Waals surface area contributed by atoms with E-state index >= 15 is 0 Å². The minimum absolute atomic E-state index is 0.0357. The second-order valence-corrected chi connectivity index (χ2v) is 8.95. The van der Waals surface area contributed by atoms with E-state index in [9.17, 15) is 4.79 Å². The van der Waals surface area contributed by atoms with E-state index < -0.39 is 0 Å². The summed E-state index contributed by atoms with van der Waals surface area (Å²) in [4.78, 5) is 26.4. The number of hydrogen-bond acceptors (Lipinski definition) is 7. The van der Waals surface area contributed by atoms with Crippen molar-refractivity contribution in [3.8, 4) is 0 Å². The Morgan fingerprint density at radius 2 is 1.89 bits per heavy atom. The summed E-state index contributed by atoms with van der Waals surface area (Å²) in [5.74, 6) is 3.72. The summed E-state index contributed by atoms with van der Waals surface area (Å²) in [6.07, 6.45) is 7.08. The van der Waals surface area contributed by atoms with Crippen LogP contribution in [0.25, 0.3) is 0 Å². The summed E-state index contributed by atoms with van der Waals surface area (Å²) in [5.41, 5.74) is 3.45. The first-order valence-electron chi connectivity index (χ1n) is 10.2. The van der Waals surface area contributed by atoms with E-state index in [1.54, 1.807) is 16.9 Å². The number of anilines is 1. The van der Waals surface area contributed by atoms with Crippen LogP contribution in [-0.2, 0) is 18.7 Å². The van der Waals surface area contributed by atoms with Gasteiger partial charge in [0.15, 0.2) is 5.82 Å². The first-order chi connectivity index (χ1) is 13.8. The molecule has 0 bridgehead atoms. The fraction of sp³-hybridized carbons (Fsp3) is 0.600. The third-order valence-electron chi connectivity index (χ3n) is 5.88. The molecular weight excluding hydrogens is 372 g/mol. The molecule has 2 aliphatic heterocycles. The first-order valence-corrected chi connectivity index (χ1v) is 11.4. The maximum atomic E-state index is 12.4. The fourth-order valence-electron chi connectivity index (χ4n) is 4.06. The van der Waals surface area contributed by atoms with Gasteiger partial charge in [0, 0.05) is 69.3 Å². The van der Waals surface area contributed by atoms with Crippen LogP contribution in [-0.4, -0.2) is 63.1 Å². The summed E-state index contributed by atoms with van der Waals surface area (Å²) >= 11 is 1.88. The quantitative estimate of drug-likeness (QED) is 0.756. The van der Waals surface area contributed by atoms with Gasteiger partial charge in [-0.15, -0.1) is 0 Å². The Morgan fingerprint density at radius 3 is 2.71 bits per heavy atom. The molecule has 0 atom stereocenters. The Hall–Kier alpha value is -1.93. The van der Waals surface area contributed by atoms with E-state index in [0.29, 0.717) is 12.5 Å². The summed E-state index contributed by atoms with van der Waals surface area (Å²) in [5, 5.41) is 4.63. The van der Waals surface area contributed by atoms with Crippen LogP contribution in [0.1, 0.15) is 35.7 Å². The average molecular weight is 399 g/mol. The van der Waals surface area contributed by atoms with E-state index in [0.717, 1.165) is 67.7 Å². The molecule has 1 saturated carbocycles. The van der Waals surface area contributed by atoms with Gasteiger partial charge in [-0.3, -0.25) is 14.7 Å². The topological polar surface area (TPSA) is 67.2 Å². The van der Waals surface area contributed by atoms with E-state index in [1.807, 2.05) is 18.0 Å². The molecule has 7 nitrogen and oxygen atoms in total. The molecule has 3 aliphatic rings. The summed E-state index contributed by atoms with van der Waals surface area (Å²) in [7, 11) is 0. The van der Waals surface area contributed by atoms with Crippen molar-refractivity contribution in [2.75, 3.05) is 43.4 Å². The highest BCUT2D eigenvalue weighted by molar-refractivity contribution is 7.98. The average Bonchev–Trinajstić information content (AvgIpc) is 3.58. The van der Waals surface area contributed by atoms with Crippen LogP contribution in [0.3, 0.4) is 0 Å². The van der Waals surface area contributed by atoms with Gasteiger partial charge >= 0.3 is 0 Å². The van der Waals surface area contributed by atoms with E-state index in [2.05, 4.69) is 24.9 Å². The molecule has 1 saturated heterocycles. The maximum Gasteiger partial charge on any atom is 0.267 e. The Balaban J connectivity index is 1.19. The minimum atomic E-state index is 0.0357. The number of nitrogens with zero attached hydrogens (tertiary/aromatic N) is 6. The highest BCUT2D eigenvalue weighted by atomic mass is 32.2. The molecule has 28 heavy (non-hydrogen) atoms. The Labute approximate surface area is 169 Å². The highest BCUT2D eigenvalue weighted by Crippen LogP contribution is 2.42. The predicted octanol–water partition coefficient (Wildman–Crippen LogP) is 1.52. The molecule has 0 unspecified atom stereocenters. The predicted molar refractivity (Wildman–Crippen MR) is 111 cm³/mol. The largest absolute Gasteiger partial charge is 0.353 e. The highest BCUT2D eigenvalue weighted by Gasteiger charge is 2.31. The van der Waals surface area contributed by atoms with Crippen molar-refractivity contribution in [3.05, 3.63) is 45.8 Å². The van der Waals surface area contributed by atoms with Gasteiger partial charge < -0.3 is 4.90 Å². The van der Waals surface area contributed by atoms with E-state index in [1.165, 1.54) is 18.5 Å². The molecular formula is C20H26N6OS. The fourth-order valence-corrected chi connectivity index (χ4v) is 5.01. The molecule has 0 amide bonds. The van der Waals surface area contributed by atoms with Crippen LogP contribution >= 0.6 is 11.8 Å². The Morgan fingerprint density at radius 1 is 1.07 bits per heavy atom. The zero-order chi connectivity index (χ0) is 18.9. The lowest BCUT2D eigenvalue weighted by atomic mass is 10.2. The van der Waals surface area contributed by atoms with E-state index in [-0.39, 0.29) is 5.56 Å². The summed E-state index contributed by atoms with van der Waals surface area (Å²) in [6.45, 7) is 5.42. The van der Waals surface area contributed by atoms with Crippen LogP contribution in [0.15, 0.2) is 23.3 Å². The van der Waals surface area contributed by atoms with Crippen molar-refractivity contribution in [3.63, 3.8) is 0 Å². The standard InChI is InChI=1S/C20H26N6OS/c27-18-13-16-14-28-12-3-17(16)23-26(18)11-8-24-6-9-25(10-7-24)20-19(15-1-2-15)21-4-5-22-20/h4-5,13,15H,1-3,6-12,14H2. The molecule has 5 rings (SSSR count). The van der Waals surface area contributed by atoms with Gasteiger partial charge in [0.05, 0.1) is 17.9 Å². The molecule has 2 fully saturated rings. The second kappa shape index (κ2) is 7.83. The van der Waals surface area contributed by atoms with Crippen LogP contribution < -0.4 is 10.5 Å². The zero-order valence-corrected chi connectivity index (χ0v) is 16.9. The van der Waals surface area contributed by atoms with Gasteiger partial charge in [-0.2, -0.15) is 16.9 Å². The first kappa shape index (κ1) is 18.1. The van der Waals surface area contributed by atoms with Gasteiger partial charge in [0.1, 0.15) is 0 Å². The number of thioether (sulfide) groups is 1. The molecule has 1 aliphatic carbocycles. The van der Waals surface area contributed by atoms with Crippen molar-refractivity contribution >= 4 is 17.6 Å². The molecule has 0 N–H and O–H groups in total. The van der Waals surface area contributed by atoms with Crippen molar-refractivity contribution in [2.45, 2.75) is 37.5 Å². The monoisotopic (exact) mass is 398 g/mol. The number of aromatic nitrogens is 4. The molecule has 2 aromatic rings. The Kier molecular flexibility index (Phi) is 5.07. The van der Waals surface area contributed by atoms with Gasteiger partial charge in [-0.05, 0) is 24.2 Å². The van der Waals surface area contributed by atoms with Crippen LogP contribution in [0.2, 0.25) is 0 Å². The lowest BCUT2D eigenvalue weighted by molar-refractivity contribution is 0.241. The van der Waals surface area contributed by atoms with Crippen molar-refractivity contribution in [2.24, 2.45) is 0 Å². The van der Waals surface area contributed by atoms with Gasteiger partial charge in [-0.1, -0.05) is 0 Å². The number of fused-ring (bicyclic) bond motifs is 1. The minimum Gasteiger partial charge on any atom is -0.353 e. The smallest absolute Gasteiger partial charge is 0.267 e. The maximum absolute atomic E-state index is 12.4. The van der Waals surface area contributed by atoms with Crippen LogP contribution in [0, 0.1) is 0 Å². The summed E-state index contributed by atoms with van der Waals surface area (Å²) in [6, 6.07) is 1.79. The zero-order valence-electron chi connectivity index (χ0n) is 16.1.